The highest BCUT2D eigenvalue weighted by Gasteiger charge is 2.18. The molecule has 0 radical (unpaired) electrons. The van der Waals surface area contributed by atoms with Crippen molar-refractivity contribution in [3.63, 3.8) is 0 Å². The Labute approximate surface area is 170 Å². The van der Waals surface area contributed by atoms with Gasteiger partial charge in [0.05, 0.1) is 13.2 Å². The number of guanidine groups is 1. The molecule has 0 fully saturated rings. The van der Waals surface area contributed by atoms with Crippen molar-refractivity contribution in [3.05, 3.63) is 29.8 Å². The minimum atomic E-state index is 0. The SMILES string of the molecule is CN=C(NCCCC(C)C)NCC(c1ccccc1OC)N(C)C.I. The van der Waals surface area contributed by atoms with Gasteiger partial charge in [-0.2, -0.15) is 0 Å². The molecule has 2 N–H and O–H groups in total. The third-order valence-corrected chi connectivity index (χ3v) is 4.06. The lowest BCUT2D eigenvalue weighted by Gasteiger charge is -2.27. The van der Waals surface area contributed by atoms with Crippen LogP contribution in [0.3, 0.4) is 0 Å². The monoisotopic (exact) mass is 462 g/mol. The van der Waals surface area contributed by atoms with Crippen LogP contribution in [0, 0.1) is 5.92 Å². The summed E-state index contributed by atoms with van der Waals surface area (Å²) in [5.41, 5.74) is 1.17. The third-order valence-electron chi connectivity index (χ3n) is 4.06. The van der Waals surface area contributed by atoms with E-state index in [1.807, 2.05) is 25.2 Å². The van der Waals surface area contributed by atoms with E-state index in [1.165, 1.54) is 12.0 Å². The Bertz CT molecular complexity index is 506. The number of aliphatic imine (C=N–C) groups is 1. The van der Waals surface area contributed by atoms with E-state index < -0.39 is 0 Å². The molecule has 0 amide bonds. The average Bonchev–Trinajstić information content (AvgIpc) is 2.56. The summed E-state index contributed by atoms with van der Waals surface area (Å²) in [4.78, 5) is 6.51. The number of hydrogen-bond acceptors (Lipinski definition) is 3. The van der Waals surface area contributed by atoms with Gasteiger partial charge in [0.2, 0.25) is 0 Å². The van der Waals surface area contributed by atoms with Crippen LogP contribution in [0.4, 0.5) is 0 Å². The standard InChI is InChI=1S/C19H34N4O.HI/c1-15(2)10-9-13-21-19(20-3)22-14-17(23(4)5)16-11-7-8-12-18(16)24-6;/h7-8,11-12,15,17H,9-10,13-14H2,1-6H3,(H2,20,21,22);1H. The van der Waals surface area contributed by atoms with E-state index in [2.05, 4.69) is 54.5 Å². The summed E-state index contributed by atoms with van der Waals surface area (Å²) < 4.78 is 5.51. The number of para-hydroxylation sites is 1. The van der Waals surface area contributed by atoms with Crippen molar-refractivity contribution in [2.75, 3.05) is 41.3 Å². The highest BCUT2D eigenvalue weighted by atomic mass is 127. The first-order chi connectivity index (χ1) is 11.5. The maximum atomic E-state index is 5.51. The van der Waals surface area contributed by atoms with Gasteiger partial charge in [0.25, 0.3) is 0 Å². The predicted molar refractivity (Wildman–Crippen MR) is 118 cm³/mol. The summed E-state index contributed by atoms with van der Waals surface area (Å²) >= 11 is 0. The van der Waals surface area contributed by atoms with Gasteiger partial charge >= 0.3 is 0 Å². The molecule has 6 heteroatoms. The van der Waals surface area contributed by atoms with Crippen LogP contribution in [0.1, 0.15) is 38.3 Å². The number of methoxy groups -OCH3 is 1. The van der Waals surface area contributed by atoms with Crippen LogP contribution in [0.2, 0.25) is 0 Å². The van der Waals surface area contributed by atoms with E-state index in [-0.39, 0.29) is 30.0 Å². The van der Waals surface area contributed by atoms with Crippen LogP contribution in [0.5, 0.6) is 5.75 Å². The summed E-state index contributed by atoms with van der Waals surface area (Å²) in [7, 11) is 7.69. The first-order valence-electron chi connectivity index (χ1n) is 8.73. The molecule has 0 spiro atoms. The number of nitrogens with one attached hydrogen (secondary N) is 2. The lowest BCUT2D eigenvalue weighted by atomic mass is 10.0. The molecule has 1 atom stereocenters. The number of halogens is 1. The maximum absolute atomic E-state index is 5.51. The molecule has 1 aromatic rings. The molecule has 0 aromatic heterocycles. The molecule has 0 aliphatic carbocycles. The maximum Gasteiger partial charge on any atom is 0.191 e. The quantitative estimate of drug-likeness (QED) is 0.255. The molecule has 1 unspecified atom stereocenters. The Morgan fingerprint density at radius 2 is 1.88 bits per heavy atom. The van der Waals surface area contributed by atoms with Crippen molar-refractivity contribution in [2.24, 2.45) is 10.9 Å². The van der Waals surface area contributed by atoms with Crippen molar-refractivity contribution in [1.29, 1.82) is 0 Å². The fourth-order valence-electron chi connectivity index (χ4n) is 2.64. The number of likely N-dealkylation sites (N-methyl/N-ethyl adjacent to an activating group) is 1. The summed E-state index contributed by atoms with van der Waals surface area (Å²) in [6.07, 6.45) is 2.38. The predicted octanol–water partition coefficient (Wildman–Crippen LogP) is 3.52. The lowest BCUT2D eigenvalue weighted by Crippen LogP contribution is -2.42. The zero-order chi connectivity index (χ0) is 17.9. The minimum absolute atomic E-state index is 0. The van der Waals surface area contributed by atoms with E-state index in [0.29, 0.717) is 0 Å². The Kier molecular flexibility index (Phi) is 12.7. The molecule has 144 valence electrons. The molecule has 5 nitrogen and oxygen atoms in total. The summed E-state index contributed by atoms with van der Waals surface area (Å²) in [5.74, 6) is 2.50. The first-order valence-corrected chi connectivity index (χ1v) is 8.73. The molecule has 0 aliphatic heterocycles. The largest absolute Gasteiger partial charge is 0.496 e. The number of nitrogens with zero attached hydrogens (tertiary/aromatic N) is 2. The Balaban J connectivity index is 0.00000576. The Morgan fingerprint density at radius 1 is 1.20 bits per heavy atom. The van der Waals surface area contributed by atoms with Crippen molar-refractivity contribution < 1.29 is 4.74 Å². The van der Waals surface area contributed by atoms with Gasteiger partial charge in [0, 0.05) is 25.7 Å². The zero-order valence-electron chi connectivity index (χ0n) is 16.5. The Morgan fingerprint density at radius 3 is 2.44 bits per heavy atom. The fourth-order valence-corrected chi connectivity index (χ4v) is 2.64. The molecule has 25 heavy (non-hydrogen) atoms. The number of rotatable bonds is 9. The molecular weight excluding hydrogens is 427 g/mol. The summed E-state index contributed by atoms with van der Waals surface area (Å²) in [6.45, 7) is 6.21. The van der Waals surface area contributed by atoms with Crippen molar-refractivity contribution in [3.8, 4) is 5.75 Å². The first kappa shape index (κ1) is 24.0. The van der Waals surface area contributed by atoms with Gasteiger partial charge in [-0.3, -0.25) is 4.99 Å². The van der Waals surface area contributed by atoms with Crippen LogP contribution >= 0.6 is 24.0 Å². The number of ether oxygens (including phenoxy) is 1. The number of benzene rings is 1. The topological polar surface area (TPSA) is 48.9 Å². The molecular formula is C19H35IN4O. The fraction of sp³-hybridized carbons (Fsp3) is 0.632. The van der Waals surface area contributed by atoms with Crippen LogP contribution in [-0.4, -0.2) is 52.2 Å². The van der Waals surface area contributed by atoms with Gasteiger partial charge < -0.3 is 20.3 Å². The molecule has 0 aliphatic rings. The molecule has 0 bridgehead atoms. The van der Waals surface area contributed by atoms with Crippen LogP contribution in [-0.2, 0) is 0 Å². The van der Waals surface area contributed by atoms with Gasteiger partial charge in [-0.25, -0.2) is 0 Å². The van der Waals surface area contributed by atoms with Crippen molar-refractivity contribution in [1.82, 2.24) is 15.5 Å². The molecule has 0 saturated carbocycles. The normalized spacial score (nSPS) is 12.7. The second-order valence-electron chi connectivity index (χ2n) is 6.64. The smallest absolute Gasteiger partial charge is 0.191 e. The van der Waals surface area contributed by atoms with Gasteiger partial charge in [-0.1, -0.05) is 32.0 Å². The van der Waals surface area contributed by atoms with Gasteiger partial charge in [-0.05, 0) is 38.9 Å². The van der Waals surface area contributed by atoms with E-state index >= 15 is 0 Å². The van der Waals surface area contributed by atoms with Gasteiger partial charge in [-0.15, -0.1) is 24.0 Å². The van der Waals surface area contributed by atoms with Crippen molar-refractivity contribution in [2.45, 2.75) is 32.7 Å². The van der Waals surface area contributed by atoms with E-state index in [0.717, 1.165) is 37.1 Å². The third kappa shape index (κ3) is 8.76. The van der Waals surface area contributed by atoms with Crippen LogP contribution in [0.25, 0.3) is 0 Å². The van der Waals surface area contributed by atoms with Crippen molar-refractivity contribution >= 4 is 29.9 Å². The van der Waals surface area contributed by atoms with E-state index in [9.17, 15) is 0 Å². The molecule has 1 rings (SSSR count). The molecule has 1 aromatic carbocycles. The highest BCUT2D eigenvalue weighted by Crippen LogP contribution is 2.27. The molecule has 0 heterocycles. The Hall–Kier alpha value is -1.02. The van der Waals surface area contributed by atoms with Gasteiger partial charge in [0.1, 0.15) is 5.75 Å². The lowest BCUT2D eigenvalue weighted by molar-refractivity contribution is 0.287. The highest BCUT2D eigenvalue weighted by molar-refractivity contribution is 14.0. The second-order valence-corrected chi connectivity index (χ2v) is 6.64. The van der Waals surface area contributed by atoms with E-state index in [4.69, 9.17) is 4.74 Å². The summed E-state index contributed by atoms with van der Waals surface area (Å²) in [6, 6.07) is 8.37. The number of hydrogen-bond donors (Lipinski definition) is 2. The average molecular weight is 462 g/mol. The summed E-state index contributed by atoms with van der Waals surface area (Å²) in [5, 5.41) is 6.82. The minimum Gasteiger partial charge on any atom is -0.496 e. The second kappa shape index (κ2) is 13.2. The van der Waals surface area contributed by atoms with Crippen LogP contribution in [0.15, 0.2) is 29.3 Å². The van der Waals surface area contributed by atoms with Gasteiger partial charge in [0.15, 0.2) is 5.96 Å². The van der Waals surface area contributed by atoms with Crippen LogP contribution < -0.4 is 15.4 Å². The zero-order valence-corrected chi connectivity index (χ0v) is 18.8. The van der Waals surface area contributed by atoms with E-state index in [1.54, 1.807) is 7.11 Å². The molecule has 0 saturated heterocycles.